The van der Waals surface area contributed by atoms with Gasteiger partial charge in [0, 0.05) is 23.9 Å². The van der Waals surface area contributed by atoms with Crippen molar-refractivity contribution < 1.29 is 9.90 Å². The van der Waals surface area contributed by atoms with Gasteiger partial charge in [0.2, 0.25) is 0 Å². The first-order valence-corrected chi connectivity index (χ1v) is 5.55. The lowest BCUT2D eigenvalue weighted by Gasteiger charge is -2.11. The molecule has 1 aromatic rings. The zero-order valence-corrected chi connectivity index (χ0v) is 8.80. The summed E-state index contributed by atoms with van der Waals surface area (Å²) < 4.78 is 0. The zero-order chi connectivity index (χ0) is 10.1. The molecule has 1 aromatic heterocycles. The van der Waals surface area contributed by atoms with Crippen LogP contribution in [0.1, 0.15) is 16.4 Å². The average Bonchev–Trinajstić information content (AvgIpc) is 2.70. The lowest BCUT2D eigenvalue weighted by Crippen LogP contribution is -2.20. The fourth-order valence-corrected chi connectivity index (χ4v) is 2.95. The van der Waals surface area contributed by atoms with Gasteiger partial charge in [0.1, 0.15) is 0 Å². The van der Waals surface area contributed by atoms with E-state index < -0.39 is 5.97 Å². The van der Waals surface area contributed by atoms with Crippen LogP contribution in [-0.2, 0) is 4.79 Å². The number of aryl methyl sites for hydroxylation is 1. The van der Waals surface area contributed by atoms with E-state index in [2.05, 4.69) is 16.8 Å². The van der Waals surface area contributed by atoms with Gasteiger partial charge >= 0.3 is 5.97 Å². The second-order valence-electron chi connectivity index (χ2n) is 3.74. The molecule has 1 saturated heterocycles. The first-order chi connectivity index (χ1) is 6.68. The van der Waals surface area contributed by atoms with Crippen LogP contribution in [0.3, 0.4) is 0 Å². The van der Waals surface area contributed by atoms with Crippen molar-refractivity contribution >= 4 is 17.3 Å². The predicted octanol–water partition coefficient (Wildman–Crippen LogP) is 1.44. The summed E-state index contributed by atoms with van der Waals surface area (Å²) >= 11 is 1.66. The van der Waals surface area contributed by atoms with Crippen molar-refractivity contribution in [3.8, 4) is 0 Å². The largest absolute Gasteiger partial charge is 0.481 e. The molecule has 2 unspecified atom stereocenters. The topological polar surface area (TPSA) is 49.3 Å². The van der Waals surface area contributed by atoms with Gasteiger partial charge in [-0.25, -0.2) is 0 Å². The van der Waals surface area contributed by atoms with E-state index in [-0.39, 0.29) is 11.8 Å². The molecule has 0 saturated carbocycles. The predicted molar refractivity (Wildman–Crippen MR) is 55.8 cm³/mol. The van der Waals surface area contributed by atoms with E-state index >= 15 is 0 Å². The number of carboxylic acid groups (broad SMARTS) is 1. The molecule has 14 heavy (non-hydrogen) atoms. The van der Waals surface area contributed by atoms with Gasteiger partial charge in [-0.15, -0.1) is 11.3 Å². The Balaban J connectivity index is 2.21. The van der Waals surface area contributed by atoms with E-state index in [9.17, 15) is 4.79 Å². The van der Waals surface area contributed by atoms with Gasteiger partial charge in [0.25, 0.3) is 0 Å². The van der Waals surface area contributed by atoms with Crippen molar-refractivity contribution in [2.24, 2.45) is 5.92 Å². The molecule has 0 amide bonds. The van der Waals surface area contributed by atoms with Crippen LogP contribution < -0.4 is 5.32 Å². The van der Waals surface area contributed by atoms with Gasteiger partial charge in [-0.2, -0.15) is 0 Å². The summed E-state index contributed by atoms with van der Waals surface area (Å²) in [5.41, 5.74) is 1.22. The Morgan fingerprint density at radius 3 is 3.00 bits per heavy atom. The highest BCUT2D eigenvalue weighted by molar-refractivity contribution is 7.10. The van der Waals surface area contributed by atoms with Crippen molar-refractivity contribution in [1.29, 1.82) is 0 Å². The van der Waals surface area contributed by atoms with Crippen molar-refractivity contribution in [1.82, 2.24) is 5.32 Å². The highest BCUT2D eigenvalue weighted by Crippen LogP contribution is 2.32. The number of carbonyl (C=O) groups is 1. The molecular weight excluding hydrogens is 198 g/mol. The highest BCUT2D eigenvalue weighted by atomic mass is 32.1. The smallest absolute Gasteiger partial charge is 0.308 e. The minimum absolute atomic E-state index is 0.159. The third kappa shape index (κ3) is 1.67. The summed E-state index contributed by atoms with van der Waals surface area (Å²) in [6.45, 7) is 3.42. The van der Waals surface area contributed by atoms with E-state index in [0.29, 0.717) is 6.54 Å². The Morgan fingerprint density at radius 1 is 1.64 bits per heavy atom. The first-order valence-electron chi connectivity index (χ1n) is 4.67. The second kappa shape index (κ2) is 3.71. The summed E-state index contributed by atoms with van der Waals surface area (Å²) in [5.74, 6) is -0.787. The van der Waals surface area contributed by atoms with Crippen LogP contribution in [0.15, 0.2) is 11.4 Å². The molecule has 1 aliphatic rings. The summed E-state index contributed by atoms with van der Waals surface area (Å²) in [5, 5.41) is 14.2. The van der Waals surface area contributed by atoms with Crippen LogP contribution in [0.2, 0.25) is 0 Å². The maximum atomic E-state index is 11.0. The van der Waals surface area contributed by atoms with Crippen molar-refractivity contribution in [2.45, 2.75) is 12.8 Å². The molecule has 2 rings (SSSR count). The normalized spacial score (nSPS) is 26.6. The molecule has 2 N–H and O–H groups in total. The van der Waals surface area contributed by atoms with Crippen molar-refractivity contribution in [3.63, 3.8) is 0 Å². The maximum Gasteiger partial charge on any atom is 0.308 e. The molecule has 0 aliphatic carbocycles. The van der Waals surface area contributed by atoms with Gasteiger partial charge < -0.3 is 10.4 Å². The summed E-state index contributed by atoms with van der Waals surface area (Å²) in [4.78, 5) is 12.2. The molecular formula is C10H13NO2S. The SMILES string of the molecule is Cc1csc(C2CNCC2C(=O)O)c1. The Kier molecular flexibility index (Phi) is 2.56. The molecule has 3 nitrogen and oxygen atoms in total. The second-order valence-corrected chi connectivity index (χ2v) is 4.68. The summed E-state index contributed by atoms with van der Waals surface area (Å²) in [6.07, 6.45) is 0. The average molecular weight is 211 g/mol. The Hall–Kier alpha value is -0.870. The Morgan fingerprint density at radius 2 is 2.43 bits per heavy atom. The molecule has 1 aliphatic heterocycles. The van der Waals surface area contributed by atoms with Crippen LogP contribution in [0.4, 0.5) is 0 Å². The monoisotopic (exact) mass is 211 g/mol. The molecule has 0 spiro atoms. The number of carboxylic acids is 1. The van der Waals surface area contributed by atoms with Crippen LogP contribution >= 0.6 is 11.3 Å². The molecule has 1 fully saturated rings. The van der Waals surface area contributed by atoms with E-state index in [1.807, 2.05) is 6.92 Å². The van der Waals surface area contributed by atoms with Crippen LogP contribution in [-0.4, -0.2) is 24.2 Å². The number of aliphatic carboxylic acids is 1. The fraction of sp³-hybridized carbons (Fsp3) is 0.500. The fourth-order valence-electron chi connectivity index (χ4n) is 1.89. The van der Waals surface area contributed by atoms with Gasteiger partial charge in [-0.1, -0.05) is 0 Å². The molecule has 0 aromatic carbocycles. The minimum Gasteiger partial charge on any atom is -0.481 e. The van der Waals surface area contributed by atoms with Crippen LogP contribution in [0, 0.1) is 12.8 Å². The van der Waals surface area contributed by atoms with E-state index in [4.69, 9.17) is 5.11 Å². The number of nitrogens with one attached hydrogen (secondary N) is 1. The van der Waals surface area contributed by atoms with Crippen LogP contribution in [0.5, 0.6) is 0 Å². The van der Waals surface area contributed by atoms with Crippen LogP contribution in [0.25, 0.3) is 0 Å². The lowest BCUT2D eigenvalue weighted by molar-refractivity contribution is -0.141. The molecule has 4 heteroatoms. The number of hydrogen-bond acceptors (Lipinski definition) is 3. The highest BCUT2D eigenvalue weighted by Gasteiger charge is 2.34. The van der Waals surface area contributed by atoms with Gasteiger partial charge in [0.15, 0.2) is 0 Å². The molecule has 2 heterocycles. The summed E-state index contributed by atoms with van der Waals surface area (Å²) in [6, 6.07) is 2.10. The van der Waals surface area contributed by atoms with Gasteiger partial charge in [-0.3, -0.25) is 4.79 Å². The number of rotatable bonds is 2. The van der Waals surface area contributed by atoms with E-state index in [1.165, 1.54) is 10.4 Å². The Bertz CT molecular complexity index is 348. The third-order valence-electron chi connectivity index (χ3n) is 2.65. The molecule has 76 valence electrons. The van der Waals surface area contributed by atoms with E-state index in [1.54, 1.807) is 11.3 Å². The molecule has 0 radical (unpaired) electrons. The number of thiophene rings is 1. The molecule has 2 atom stereocenters. The maximum absolute atomic E-state index is 11.0. The first kappa shape index (κ1) is 9.68. The van der Waals surface area contributed by atoms with E-state index in [0.717, 1.165) is 6.54 Å². The van der Waals surface area contributed by atoms with Crippen molar-refractivity contribution in [3.05, 3.63) is 21.9 Å². The van der Waals surface area contributed by atoms with Gasteiger partial charge in [-0.05, 0) is 23.9 Å². The minimum atomic E-state index is -0.689. The zero-order valence-electron chi connectivity index (χ0n) is 7.99. The van der Waals surface area contributed by atoms with Crippen molar-refractivity contribution in [2.75, 3.05) is 13.1 Å². The lowest BCUT2D eigenvalue weighted by atomic mass is 9.94. The number of hydrogen-bond donors (Lipinski definition) is 2. The summed E-state index contributed by atoms with van der Waals surface area (Å²) in [7, 11) is 0. The van der Waals surface area contributed by atoms with Gasteiger partial charge in [0.05, 0.1) is 5.92 Å². The molecule has 0 bridgehead atoms. The standard InChI is InChI=1S/C10H13NO2S/c1-6-2-9(14-5-6)7-3-11-4-8(7)10(12)13/h2,5,7-8,11H,3-4H2,1H3,(H,12,13). The third-order valence-corrected chi connectivity index (χ3v) is 3.83. The Labute approximate surface area is 86.8 Å². The quantitative estimate of drug-likeness (QED) is 0.778.